The number of hydrogen-bond donors (Lipinski definition) is 2. The minimum Gasteiger partial charge on any atom is -0.477 e. The highest BCUT2D eigenvalue weighted by molar-refractivity contribution is 5.96. The molecular weight excluding hydrogens is 444 g/mol. The highest BCUT2D eigenvalue weighted by atomic mass is 19.2. The fraction of sp³-hybridized carbons (Fsp3) is 0.167. The first kappa shape index (κ1) is 21.5. The van der Waals surface area contributed by atoms with Crippen molar-refractivity contribution in [2.24, 2.45) is 0 Å². The van der Waals surface area contributed by atoms with Gasteiger partial charge in [0, 0.05) is 62.8 Å². The summed E-state index contributed by atoms with van der Waals surface area (Å²) in [5, 5.41) is 12.0. The molecule has 0 aliphatic heterocycles. The Bertz CT molecular complexity index is 1580. The Labute approximate surface area is 192 Å². The second-order valence-electron chi connectivity index (χ2n) is 8.17. The topological polar surface area (TPSA) is 99.8 Å². The minimum absolute atomic E-state index is 0.101. The fourth-order valence-electron chi connectivity index (χ4n) is 4.51. The lowest BCUT2D eigenvalue weighted by Crippen LogP contribution is -2.22. The maximum absolute atomic E-state index is 14.5. The van der Waals surface area contributed by atoms with Gasteiger partial charge in [-0.05, 0) is 29.3 Å². The van der Waals surface area contributed by atoms with Gasteiger partial charge in [-0.3, -0.25) is 14.2 Å². The van der Waals surface area contributed by atoms with Crippen LogP contribution in [0.1, 0.15) is 21.6 Å². The Morgan fingerprint density at radius 2 is 1.94 bits per heavy atom. The number of rotatable bonds is 4. The summed E-state index contributed by atoms with van der Waals surface area (Å²) in [6.07, 6.45) is 4.52. The standard InChI is InChI=1S/C24H19F2N5O3/c1-27-21-13-7-17-19(12(13)6-16(25)20(21)26)22(30(2)3)14(8-28-17)11-4-5-18-29-9-15(24(33)34)23(32)31(18)10-11/h4-6,8-10,27H,7H2,1-3H3,(H,33,34). The number of aromatic carboxylic acids is 1. The van der Waals surface area contributed by atoms with Crippen LogP contribution in [0, 0.1) is 11.6 Å². The largest absolute Gasteiger partial charge is 0.477 e. The van der Waals surface area contributed by atoms with Crippen molar-refractivity contribution in [2.75, 3.05) is 31.4 Å². The maximum Gasteiger partial charge on any atom is 0.342 e. The number of anilines is 2. The Morgan fingerprint density at radius 1 is 1.18 bits per heavy atom. The third-order valence-corrected chi connectivity index (χ3v) is 6.01. The van der Waals surface area contributed by atoms with Crippen LogP contribution < -0.4 is 15.8 Å². The van der Waals surface area contributed by atoms with E-state index in [9.17, 15) is 23.5 Å². The molecule has 3 aromatic heterocycles. The number of carboxylic acid groups (broad SMARTS) is 1. The van der Waals surface area contributed by atoms with E-state index in [1.807, 2.05) is 19.0 Å². The lowest BCUT2D eigenvalue weighted by molar-refractivity contribution is 0.0694. The van der Waals surface area contributed by atoms with Gasteiger partial charge >= 0.3 is 5.97 Å². The summed E-state index contributed by atoms with van der Waals surface area (Å²) in [4.78, 5) is 34.6. The van der Waals surface area contributed by atoms with E-state index in [0.29, 0.717) is 51.3 Å². The van der Waals surface area contributed by atoms with Crippen LogP contribution in [0.3, 0.4) is 0 Å². The summed E-state index contributed by atoms with van der Waals surface area (Å²) in [6, 6.07) is 4.54. The summed E-state index contributed by atoms with van der Waals surface area (Å²) >= 11 is 0. The molecule has 4 aromatic rings. The molecule has 2 N–H and O–H groups in total. The van der Waals surface area contributed by atoms with Crippen LogP contribution in [0.15, 0.2) is 41.6 Å². The van der Waals surface area contributed by atoms with Crippen LogP contribution in [-0.4, -0.2) is 46.6 Å². The van der Waals surface area contributed by atoms with Crippen LogP contribution in [0.25, 0.3) is 27.9 Å². The second kappa shape index (κ2) is 7.62. The van der Waals surface area contributed by atoms with Crippen LogP contribution in [0.4, 0.5) is 20.2 Å². The van der Waals surface area contributed by atoms with Gasteiger partial charge in [0.15, 0.2) is 11.6 Å². The summed E-state index contributed by atoms with van der Waals surface area (Å²) in [6.45, 7) is 0. The molecule has 0 bridgehead atoms. The average molecular weight is 463 g/mol. The van der Waals surface area contributed by atoms with Gasteiger partial charge in [0.05, 0.1) is 17.1 Å². The summed E-state index contributed by atoms with van der Waals surface area (Å²) < 4.78 is 30.0. The van der Waals surface area contributed by atoms with Gasteiger partial charge in [0.25, 0.3) is 5.56 Å². The van der Waals surface area contributed by atoms with Crippen LogP contribution >= 0.6 is 0 Å². The number of carboxylic acids is 1. The van der Waals surface area contributed by atoms with E-state index >= 15 is 0 Å². The minimum atomic E-state index is -1.36. The van der Waals surface area contributed by atoms with Gasteiger partial charge in [-0.2, -0.15) is 0 Å². The molecule has 1 aliphatic rings. The number of pyridine rings is 2. The summed E-state index contributed by atoms with van der Waals surface area (Å²) in [7, 11) is 5.19. The first-order valence-electron chi connectivity index (χ1n) is 10.4. The molecule has 34 heavy (non-hydrogen) atoms. The van der Waals surface area contributed by atoms with Crippen LogP contribution in [-0.2, 0) is 6.42 Å². The van der Waals surface area contributed by atoms with E-state index in [4.69, 9.17) is 0 Å². The normalized spacial score (nSPS) is 11.9. The molecule has 0 amide bonds. The quantitative estimate of drug-likeness (QED) is 0.421. The zero-order valence-corrected chi connectivity index (χ0v) is 18.5. The van der Waals surface area contributed by atoms with Crippen LogP contribution in [0.5, 0.6) is 0 Å². The van der Waals surface area contributed by atoms with Gasteiger partial charge in [-0.1, -0.05) is 0 Å². The zero-order chi connectivity index (χ0) is 24.3. The molecule has 1 aromatic carbocycles. The Morgan fingerprint density at radius 3 is 2.62 bits per heavy atom. The predicted octanol–water partition coefficient (Wildman–Crippen LogP) is 3.41. The lowest BCUT2D eigenvalue weighted by atomic mass is 9.98. The molecule has 172 valence electrons. The van der Waals surface area contributed by atoms with E-state index in [0.717, 1.165) is 6.20 Å². The maximum atomic E-state index is 14.5. The van der Waals surface area contributed by atoms with Crippen molar-refractivity contribution >= 4 is 23.0 Å². The number of nitrogens with zero attached hydrogens (tertiary/aromatic N) is 4. The highest BCUT2D eigenvalue weighted by Crippen LogP contribution is 2.48. The van der Waals surface area contributed by atoms with Gasteiger partial charge < -0.3 is 15.3 Å². The molecule has 0 saturated heterocycles. The Balaban J connectivity index is 1.79. The molecule has 5 rings (SSSR count). The lowest BCUT2D eigenvalue weighted by Gasteiger charge is -2.22. The van der Waals surface area contributed by atoms with Crippen molar-refractivity contribution < 1.29 is 18.7 Å². The molecular formula is C24H19F2N5O3. The molecule has 8 nitrogen and oxygen atoms in total. The predicted molar refractivity (Wildman–Crippen MR) is 124 cm³/mol. The molecule has 0 unspecified atom stereocenters. The van der Waals surface area contributed by atoms with Crippen molar-refractivity contribution in [2.45, 2.75) is 6.42 Å². The van der Waals surface area contributed by atoms with Crippen molar-refractivity contribution in [1.29, 1.82) is 0 Å². The van der Waals surface area contributed by atoms with E-state index in [1.165, 1.54) is 16.7 Å². The van der Waals surface area contributed by atoms with Crippen molar-refractivity contribution in [1.82, 2.24) is 14.4 Å². The van der Waals surface area contributed by atoms with Crippen molar-refractivity contribution in [3.63, 3.8) is 0 Å². The first-order valence-corrected chi connectivity index (χ1v) is 10.4. The second-order valence-corrected chi connectivity index (χ2v) is 8.17. The molecule has 1 aliphatic carbocycles. The molecule has 0 radical (unpaired) electrons. The average Bonchev–Trinajstić information content (AvgIpc) is 3.17. The monoisotopic (exact) mass is 463 g/mol. The number of carbonyl (C=O) groups is 1. The van der Waals surface area contributed by atoms with E-state index in [2.05, 4.69) is 15.3 Å². The van der Waals surface area contributed by atoms with Crippen molar-refractivity contribution in [3.8, 4) is 22.3 Å². The van der Waals surface area contributed by atoms with Gasteiger partial charge in [-0.25, -0.2) is 18.6 Å². The summed E-state index contributed by atoms with van der Waals surface area (Å²) in [5.74, 6) is -3.26. The fourth-order valence-corrected chi connectivity index (χ4v) is 4.51. The van der Waals surface area contributed by atoms with Crippen molar-refractivity contribution in [3.05, 3.63) is 75.6 Å². The number of benzene rings is 1. The molecule has 0 spiro atoms. The van der Waals surface area contributed by atoms with Gasteiger partial charge in [0.2, 0.25) is 0 Å². The van der Waals surface area contributed by atoms with Crippen LogP contribution in [0.2, 0.25) is 0 Å². The molecule has 10 heteroatoms. The van der Waals surface area contributed by atoms with E-state index in [1.54, 1.807) is 25.4 Å². The Hall–Kier alpha value is -4.34. The Kier molecular flexibility index (Phi) is 4.82. The third-order valence-electron chi connectivity index (χ3n) is 6.01. The number of halogens is 2. The van der Waals surface area contributed by atoms with E-state index < -0.39 is 28.7 Å². The SMILES string of the molecule is CNc1c(F)c(F)cc2c1Cc1ncc(-c3ccc4ncc(C(=O)O)c(=O)n4c3)c(N(C)C)c1-2. The number of aromatic nitrogens is 3. The molecule has 3 heterocycles. The molecule has 0 saturated carbocycles. The third kappa shape index (κ3) is 3.02. The van der Waals surface area contributed by atoms with Gasteiger partial charge in [0.1, 0.15) is 11.2 Å². The van der Waals surface area contributed by atoms with E-state index in [-0.39, 0.29) is 5.69 Å². The molecule has 0 fully saturated rings. The summed E-state index contributed by atoms with van der Waals surface area (Å²) in [5.41, 5.74) is 3.70. The smallest absolute Gasteiger partial charge is 0.342 e. The first-order chi connectivity index (χ1) is 16.2. The highest BCUT2D eigenvalue weighted by Gasteiger charge is 2.31. The number of nitrogens with one attached hydrogen (secondary N) is 1. The molecule has 0 atom stereocenters. The number of fused-ring (bicyclic) bond motifs is 4. The van der Waals surface area contributed by atoms with Gasteiger partial charge in [-0.15, -0.1) is 0 Å². The number of hydrogen-bond acceptors (Lipinski definition) is 6. The zero-order valence-electron chi connectivity index (χ0n) is 18.5.